The zero-order chi connectivity index (χ0) is 95.0. The van der Waals surface area contributed by atoms with Crippen LogP contribution in [0.15, 0.2) is 0 Å². The number of nitrogens with two attached hydrogens (primary N) is 6. The summed E-state index contributed by atoms with van der Waals surface area (Å²) in [6, 6.07) is -25.1. The highest BCUT2D eigenvalue weighted by Crippen LogP contribution is 2.10. The predicted octanol–water partition coefficient (Wildman–Crippen LogP) is -9.87. The number of hydrogen-bond donors (Lipinski definition) is 26. The number of amides is 21. The minimum atomic E-state index is -1.35. The fourth-order valence-electron chi connectivity index (χ4n) is 11.2. The number of nitrogens with one attached hydrogen (secondary N) is 20. The van der Waals surface area contributed by atoms with E-state index in [1.807, 2.05) is 0 Å². The van der Waals surface area contributed by atoms with Crippen molar-refractivity contribution in [1.29, 1.82) is 0 Å². The molecule has 21 amide bonds. The van der Waals surface area contributed by atoms with E-state index in [1.165, 1.54) is 111 Å². The standard InChI is InChI=1S/C77H140N26O21/c1-37(58(83)105)85-59(106)43(7)94-74(121)54(28-18-23-33-79)100-69(116)48(12)90-61(108)40(4)87-65(112)45(9)96-76(123)56(30-20-25-35-81)102-71(118)50(14)92-63(110)42(6)89-67(114)47(11)98-77(124)57(31-21-26-36-82)103-72(119)51(15)93-62(109)41(5)88-66(113)46(10)97-75(122)55(29-19-24-34-80)101-70(117)49(13)91-60(107)39(3)86-64(111)44(8)95-73(120)53(27-17-22-32-78)99-68(115)38(2)84-52(16)104/h37-51,53-57H,17-36,78-82H2,1-16H3,(H2,83,105)(H,84,104)(H,85,106)(H,86,111)(H,87,112)(H,88,113)(H,89,114)(H,90,108)(H,91,107)(H,92,110)(H,93,109)(H,94,121)(H,95,120)(H,96,123)(H,97,122)(H,98,124)(H,99,115)(H,100,116)(H,101,117)(H,102,118)(H,103,119)/t37-,38-,39-,40-,41-,42-,43-,44-,45-,46-,47-,48-,49-,50-,51-,53-,54-,55-,56-,57-/m0/s1. The smallest absolute Gasteiger partial charge is 0.243 e. The van der Waals surface area contributed by atoms with Gasteiger partial charge in [-0.3, -0.25) is 101 Å². The molecule has 0 aliphatic heterocycles. The van der Waals surface area contributed by atoms with Gasteiger partial charge in [-0.1, -0.05) is 0 Å². The van der Waals surface area contributed by atoms with Crippen molar-refractivity contribution >= 4 is 124 Å². The first-order chi connectivity index (χ1) is 58.0. The Morgan fingerprint density at radius 3 is 0.403 bits per heavy atom. The van der Waals surface area contributed by atoms with Crippen molar-refractivity contribution in [3.8, 4) is 0 Å². The van der Waals surface area contributed by atoms with Gasteiger partial charge in [0.1, 0.15) is 121 Å². The fourth-order valence-corrected chi connectivity index (χ4v) is 11.2. The van der Waals surface area contributed by atoms with Gasteiger partial charge in [-0.05, 0) is 233 Å². The van der Waals surface area contributed by atoms with Gasteiger partial charge in [-0.15, -0.1) is 0 Å². The molecule has 0 rings (SSSR count). The quantitative estimate of drug-likeness (QED) is 0.0251. The second kappa shape index (κ2) is 59.5. The van der Waals surface area contributed by atoms with Crippen LogP contribution < -0.4 is 141 Å². The van der Waals surface area contributed by atoms with E-state index in [9.17, 15) is 101 Å². The summed E-state index contributed by atoms with van der Waals surface area (Å²) >= 11 is 0. The number of unbranched alkanes of at least 4 members (excludes halogenated alkanes) is 5. The molecule has 47 heteroatoms. The van der Waals surface area contributed by atoms with Gasteiger partial charge >= 0.3 is 0 Å². The first kappa shape index (κ1) is 113. The van der Waals surface area contributed by atoms with Crippen molar-refractivity contribution in [3.63, 3.8) is 0 Å². The minimum absolute atomic E-state index is 0.000810. The lowest BCUT2D eigenvalue weighted by Crippen LogP contribution is -2.59. The Balaban J connectivity index is 5.80. The van der Waals surface area contributed by atoms with Gasteiger partial charge in [-0.25, -0.2) is 0 Å². The molecule has 0 aliphatic carbocycles. The second-order valence-electron chi connectivity index (χ2n) is 30.8. The van der Waals surface area contributed by atoms with E-state index in [-0.39, 0.29) is 58.3 Å². The van der Waals surface area contributed by atoms with Crippen LogP contribution in [0.2, 0.25) is 0 Å². The Bertz CT molecular complexity index is 3610. The summed E-state index contributed by atoms with van der Waals surface area (Å²) in [6.45, 7) is 22.2. The van der Waals surface area contributed by atoms with E-state index < -0.39 is 245 Å². The van der Waals surface area contributed by atoms with Crippen LogP contribution in [0.1, 0.15) is 207 Å². The van der Waals surface area contributed by atoms with Crippen LogP contribution in [-0.2, 0) is 101 Å². The highest BCUT2D eigenvalue weighted by molar-refractivity contribution is 6.02. The summed E-state index contributed by atoms with van der Waals surface area (Å²) < 4.78 is 0. The molecule has 0 heterocycles. The minimum Gasteiger partial charge on any atom is -0.368 e. The van der Waals surface area contributed by atoms with Crippen LogP contribution in [-0.4, -0.2) is 278 Å². The zero-order valence-electron chi connectivity index (χ0n) is 74.2. The summed E-state index contributed by atoms with van der Waals surface area (Å²) in [7, 11) is 0. The molecule has 0 unspecified atom stereocenters. The van der Waals surface area contributed by atoms with Gasteiger partial charge in [0.15, 0.2) is 0 Å². The Hall–Kier alpha value is -11.3. The largest absolute Gasteiger partial charge is 0.368 e. The van der Waals surface area contributed by atoms with Crippen molar-refractivity contribution < 1.29 is 101 Å². The second-order valence-corrected chi connectivity index (χ2v) is 30.8. The zero-order valence-corrected chi connectivity index (χ0v) is 74.2. The van der Waals surface area contributed by atoms with Gasteiger partial charge in [0.2, 0.25) is 124 Å². The first-order valence-corrected chi connectivity index (χ1v) is 41.9. The van der Waals surface area contributed by atoms with E-state index in [0.29, 0.717) is 70.8 Å². The number of carbonyl (C=O) groups is 21. The Morgan fingerprint density at radius 2 is 0.282 bits per heavy atom. The maximum Gasteiger partial charge on any atom is 0.243 e. The lowest BCUT2D eigenvalue weighted by Gasteiger charge is -2.26. The number of hydrogen-bond acceptors (Lipinski definition) is 26. The Labute approximate surface area is 723 Å². The Kier molecular flexibility index (Phi) is 54.0. The summed E-state index contributed by atoms with van der Waals surface area (Å²) in [4.78, 5) is 277. The van der Waals surface area contributed by atoms with Crippen molar-refractivity contribution in [2.75, 3.05) is 32.7 Å². The monoisotopic (exact) mass is 1770 g/mol. The highest BCUT2D eigenvalue weighted by atomic mass is 16.2. The van der Waals surface area contributed by atoms with E-state index in [2.05, 4.69) is 106 Å². The molecular weight excluding hydrogens is 1630 g/mol. The molecule has 704 valence electrons. The molecule has 0 aromatic rings. The van der Waals surface area contributed by atoms with Gasteiger partial charge < -0.3 is 141 Å². The first-order valence-electron chi connectivity index (χ1n) is 41.9. The van der Waals surface area contributed by atoms with E-state index in [4.69, 9.17) is 34.4 Å². The summed E-state index contributed by atoms with van der Waals surface area (Å²) in [6.07, 6.45) is 4.35. The molecule has 0 saturated heterocycles. The van der Waals surface area contributed by atoms with Crippen molar-refractivity contribution in [3.05, 3.63) is 0 Å². The van der Waals surface area contributed by atoms with Crippen molar-refractivity contribution in [2.45, 2.75) is 328 Å². The molecule has 0 aliphatic rings. The molecule has 0 aromatic heterocycles. The lowest BCUT2D eigenvalue weighted by atomic mass is 10.1. The van der Waals surface area contributed by atoms with Crippen LogP contribution in [0.5, 0.6) is 0 Å². The van der Waals surface area contributed by atoms with Gasteiger partial charge in [-0.2, -0.15) is 0 Å². The molecule has 0 fully saturated rings. The topological polar surface area (TPSA) is 755 Å². The van der Waals surface area contributed by atoms with Crippen LogP contribution in [0.4, 0.5) is 0 Å². The lowest BCUT2D eigenvalue weighted by molar-refractivity contribution is -0.136. The molecule has 0 bridgehead atoms. The average molecular weight is 1770 g/mol. The van der Waals surface area contributed by atoms with Crippen molar-refractivity contribution in [1.82, 2.24) is 106 Å². The third-order valence-electron chi connectivity index (χ3n) is 19.3. The summed E-state index contributed by atoms with van der Waals surface area (Å²) in [5.74, 6) is -16.8. The van der Waals surface area contributed by atoms with Crippen molar-refractivity contribution in [2.24, 2.45) is 34.4 Å². The average Bonchev–Trinajstić information content (AvgIpc) is 0.881. The van der Waals surface area contributed by atoms with Gasteiger partial charge in [0.05, 0.1) is 0 Å². The molecule has 0 aromatic carbocycles. The van der Waals surface area contributed by atoms with Crippen LogP contribution >= 0.6 is 0 Å². The number of carbonyl (C=O) groups excluding carboxylic acids is 21. The van der Waals surface area contributed by atoms with Gasteiger partial charge in [0.25, 0.3) is 0 Å². The third-order valence-corrected chi connectivity index (χ3v) is 19.3. The van der Waals surface area contributed by atoms with E-state index >= 15 is 0 Å². The fraction of sp³-hybridized carbons (Fsp3) is 0.727. The number of primary amides is 1. The molecule has 124 heavy (non-hydrogen) atoms. The molecule has 0 radical (unpaired) electrons. The van der Waals surface area contributed by atoms with Crippen LogP contribution in [0.3, 0.4) is 0 Å². The Morgan fingerprint density at radius 1 is 0.169 bits per heavy atom. The molecule has 47 nitrogen and oxygen atoms in total. The normalized spacial score (nSPS) is 15.8. The maximum absolute atomic E-state index is 13.8. The van der Waals surface area contributed by atoms with E-state index in [1.54, 1.807) is 0 Å². The van der Waals surface area contributed by atoms with Crippen LogP contribution in [0.25, 0.3) is 0 Å². The number of rotatable bonds is 60. The third kappa shape index (κ3) is 44.1. The SMILES string of the molecule is CC(=O)N[C@@H](C)C(=O)N[C@@H](CCCCN)C(=O)N[C@@H](C)C(=O)N[C@@H](C)C(=O)N[C@@H](C)C(=O)N[C@@H](CCCCN)C(=O)N[C@@H](C)C(=O)N[C@@H](C)C(=O)N[C@@H](C)C(=O)N[C@@H](CCCCN)C(=O)N[C@@H](C)C(=O)N[C@@H](C)C(=O)N[C@@H](C)C(=O)N[C@@H](CCCCN)C(=O)N[C@@H](C)C(=O)N[C@@H](C)C(=O)N[C@@H](C)C(=O)N[C@@H](CCCCN)C(=O)N[C@@H](C)C(=O)N[C@@H](C)C(N)=O. The molecular formula is C77H140N26O21. The maximum atomic E-state index is 13.8. The summed E-state index contributed by atoms with van der Waals surface area (Å²) in [5.41, 5.74) is 33.5. The van der Waals surface area contributed by atoms with E-state index in [0.717, 1.165) is 0 Å². The molecule has 0 saturated carbocycles. The van der Waals surface area contributed by atoms with Gasteiger partial charge in [0, 0.05) is 6.92 Å². The molecule has 0 spiro atoms. The molecule has 32 N–H and O–H groups in total. The highest BCUT2D eigenvalue weighted by Gasteiger charge is 2.36. The predicted molar refractivity (Wildman–Crippen MR) is 453 cm³/mol. The summed E-state index contributed by atoms with van der Waals surface area (Å²) in [5, 5.41) is 49.5. The molecule has 20 atom stereocenters. The van der Waals surface area contributed by atoms with Crippen LogP contribution in [0, 0.1) is 0 Å².